The number of nitrogens with two attached hydrogens (primary N) is 1. The van der Waals surface area contributed by atoms with Gasteiger partial charge in [-0.2, -0.15) is 0 Å². The van der Waals surface area contributed by atoms with Gasteiger partial charge in [0.2, 0.25) is 0 Å². The molecule has 3 rings (SSSR count). The summed E-state index contributed by atoms with van der Waals surface area (Å²) in [4.78, 5) is 4.69. The van der Waals surface area contributed by atoms with Crippen LogP contribution in [0.15, 0.2) is 48.5 Å². The molecule has 0 unspecified atom stereocenters. The summed E-state index contributed by atoms with van der Waals surface area (Å²) in [5, 5.41) is 0. The third-order valence-electron chi connectivity index (χ3n) is 3.33. The van der Waals surface area contributed by atoms with Crippen molar-refractivity contribution in [3.8, 4) is 5.69 Å². The number of aromatic nitrogens is 2. The summed E-state index contributed by atoms with van der Waals surface area (Å²) in [6.07, 6.45) is 0. The van der Waals surface area contributed by atoms with Crippen molar-refractivity contribution < 1.29 is 0 Å². The van der Waals surface area contributed by atoms with Crippen LogP contribution >= 0.6 is 0 Å². The van der Waals surface area contributed by atoms with Crippen molar-refractivity contribution in [1.29, 1.82) is 0 Å². The SMILES string of the molecule is Cc1cccc2nc([C@H](C)N)n(-c3ccccc3)c12. The standard InChI is InChI=1S/C16H17N3/c1-11-7-6-10-14-15(11)19(16(18-14)12(2)17)13-8-4-3-5-9-13/h3-10,12H,17H2,1-2H3/t12-/m0/s1. The normalized spacial score (nSPS) is 12.8. The highest BCUT2D eigenvalue weighted by Gasteiger charge is 2.16. The van der Waals surface area contributed by atoms with E-state index >= 15 is 0 Å². The zero-order valence-electron chi connectivity index (χ0n) is 11.2. The fourth-order valence-corrected chi connectivity index (χ4v) is 2.46. The number of benzene rings is 2. The van der Waals surface area contributed by atoms with Crippen molar-refractivity contribution in [2.24, 2.45) is 5.73 Å². The average molecular weight is 251 g/mol. The summed E-state index contributed by atoms with van der Waals surface area (Å²) in [5.41, 5.74) is 10.5. The first-order chi connectivity index (χ1) is 9.18. The van der Waals surface area contributed by atoms with E-state index in [0.29, 0.717) is 0 Å². The molecule has 19 heavy (non-hydrogen) atoms. The van der Waals surface area contributed by atoms with Crippen LogP contribution in [-0.2, 0) is 0 Å². The van der Waals surface area contributed by atoms with Crippen LogP contribution in [0.1, 0.15) is 24.4 Å². The van der Waals surface area contributed by atoms with E-state index in [9.17, 15) is 0 Å². The van der Waals surface area contributed by atoms with Gasteiger partial charge in [0, 0.05) is 5.69 Å². The van der Waals surface area contributed by atoms with Gasteiger partial charge in [0.15, 0.2) is 0 Å². The van der Waals surface area contributed by atoms with Crippen molar-refractivity contribution in [1.82, 2.24) is 9.55 Å². The number of nitrogens with zero attached hydrogens (tertiary/aromatic N) is 2. The van der Waals surface area contributed by atoms with E-state index in [1.807, 2.05) is 37.3 Å². The van der Waals surface area contributed by atoms with Gasteiger partial charge in [-0.25, -0.2) is 4.98 Å². The number of para-hydroxylation sites is 2. The number of rotatable bonds is 2. The molecule has 0 spiro atoms. The monoisotopic (exact) mass is 251 g/mol. The predicted molar refractivity (Wildman–Crippen MR) is 78.4 cm³/mol. The largest absolute Gasteiger partial charge is 0.322 e. The molecule has 2 N–H and O–H groups in total. The molecule has 1 heterocycles. The molecular formula is C16H17N3. The second kappa shape index (κ2) is 4.52. The van der Waals surface area contributed by atoms with Gasteiger partial charge in [-0.15, -0.1) is 0 Å². The zero-order valence-corrected chi connectivity index (χ0v) is 11.2. The molecule has 3 nitrogen and oxygen atoms in total. The number of hydrogen-bond donors (Lipinski definition) is 1. The van der Waals surface area contributed by atoms with Crippen LogP contribution in [-0.4, -0.2) is 9.55 Å². The Balaban J connectivity index is 2.40. The third-order valence-corrected chi connectivity index (χ3v) is 3.33. The number of aryl methyl sites for hydroxylation is 1. The van der Waals surface area contributed by atoms with Gasteiger partial charge in [-0.05, 0) is 37.6 Å². The highest BCUT2D eigenvalue weighted by molar-refractivity contribution is 5.81. The number of imidazole rings is 1. The Morgan fingerprint density at radius 2 is 1.79 bits per heavy atom. The van der Waals surface area contributed by atoms with Gasteiger partial charge in [-0.1, -0.05) is 30.3 Å². The van der Waals surface area contributed by atoms with Gasteiger partial charge in [-0.3, -0.25) is 4.57 Å². The van der Waals surface area contributed by atoms with Gasteiger partial charge in [0.25, 0.3) is 0 Å². The Kier molecular flexibility index (Phi) is 2.84. The molecule has 0 saturated heterocycles. The van der Waals surface area contributed by atoms with Crippen LogP contribution in [0.25, 0.3) is 16.7 Å². The summed E-state index contributed by atoms with van der Waals surface area (Å²) in [6.45, 7) is 4.07. The molecular weight excluding hydrogens is 234 g/mol. The van der Waals surface area contributed by atoms with E-state index < -0.39 is 0 Å². The summed E-state index contributed by atoms with van der Waals surface area (Å²) in [6, 6.07) is 16.3. The zero-order chi connectivity index (χ0) is 13.4. The maximum absolute atomic E-state index is 6.08. The third kappa shape index (κ3) is 1.92. The number of hydrogen-bond acceptors (Lipinski definition) is 2. The topological polar surface area (TPSA) is 43.8 Å². The molecule has 1 aromatic heterocycles. The van der Waals surface area contributed by atoms with Crippen LogP contribution in [0.4, 0.5) is 0 Å². The van der Waals surface area contributed by atoms with Crippen LogP contribution in [0, 0.1) is 6.92 Å². The van der Waals surface area contributed by atoms with Crippen LogP contribution in [0.3, 0.4) is 0 Å². The Labute approximate surface area is 112 Å². The van der Waals surface area contributed by atoms with Crippen molar-refractivity contribution in [2.45, 2.75) is 19.9 Å². The smallest absolute Gasteiger partial charge is 0.131 e. The number of fused-ring (bicyclic) bond motifs is 1. The Bertz CT molecular complexity index is 711. The van der Waals surface area contributed by atoms with Crippen LogP contribution in [0.5, 0.6) is 0 Å². The minimum absolute atomic E-state index is 0.105. The summed E-state index contributed by atoms with van der Waals surface area (Å²) < 4.78 is 2.16. The van der Waals surface area contributed by atoms with Crippen LogP contribution < -0.4 is 5.73 Å². The molecule has 0 radical (unpaired) electrons. The molecule has 0 saturated carbocycles. The Morgan fingerprint density at radius 1 is 1.05 bits per heavy atom. The quantitative estimate of drug-likeness (QED) is 0.759. The second-order valence-electron chi connectivity index (χ2n) is 4.87. The van der Waals surface area contributed by atoms with Gasteiger partial charge in [0.1, 0.15) is 5.82 Å². The Hall–Kier alpha value is -2.13. The van der Waals surface area contributed by atoms with E-state index in [1.165, 1.54) is 5.56 Å². The van der Waals surface area contributed by atoms with Crippen LogP contribution in [0.2, 0.25) is 0 Å². The maximum atomic E-state index is 6.08. The first-order valence-corrected chi connectivity index (χ1v) is 6.47. The average Bonchev–Trinajstić information content (AvgIpc) is 2.81. The first-order valence-electron chi connectivity index (χ1n) is 6.47. The lowest BCUT2D eigenvalue weighted by molar-refractivity contribution is 0.727. The fraction of sp³-hybridized carbons (Fsp3) is 0.188. The maximum Gasteiger partial charge on any atom is 0.131 e. The fourth-order valence-electron chi connectivity index (χ4n) is 2.46. The van der Waals surface area contributed by atoms with E-state index in [-0.39, 0.29) is 6.04 Å². The molecule has 0 amide bonds. The van der Waals surface area contributed by atoms with Gasteiger partial charge >= 0.3 is 0 Å². The van der Waals surface area contributed by atoms with Gasteiger partial charge < -0.3 is 5.73 Å². The predicted octanol–water partition coefficient (Wildman–Crippen LogP) is 3.35. The Morgan fingerprint density at radius 3 is 2.47 bits per heavy atom. The lowest BCUT2D eigenvalue weighted by atomic mass is 10.2. The van der Waals surface area contributed by atoms with Crippen molar-refractivity contribution >= 4 is 11.0 Å². The van der Waals surface area contributed by atoms with E-state index in [2.05, 4.69) is 34.7 Å². The van der Waals surface area contributed by atoms with Crippen molar-refractivity contribution in [3.63, 3.8) is 0 Å². The van der Waals surface area contributed by atoms with Crippen molar-refractivity contribution in [2.75, 3.05) is 0 Å². The molecule has 0 aliphatic rings. The molecule has 3 aromatic rings. The molecule has 3 heteroatoms. The second-order valence-corrected chi connectivity index (χ2v) is 4.87. The molecule has 96 valence electrons. The summed E-state index contributed by atoms with van der Waals surface area (Å²) in [5.74, 6) is 0.899. The molecule has 0 aliphatic heterocycles. The van der Waals surface area contributed by atoms with E-state index in [1.54, 1.807) is 0 Å². The highest BCUT2D eigenvalue weighted by atomic mass is 15.1. The minimum Gasteiger partial charge on any atom is -0.322 e. The van der Waals surface area contributed by atoms with Crippen molar-refractivity contribution in [3.05, 3.63) is 59.9 Å². The first kappa shape index (κ1) is 11.9. The lowest BCUT2D eigenvalue weighted by Gasteiger charge is -2.12. The highest BCUT2D eigenvalue weighted by Crippen LogP contribution is 2.26. The molecule has 2 aromatic carbocycles. The molecule has 0 bridgehead atoms. The summed E-state index contributed by atoms with van der Waals surface area (Å²) in [7, 11) is 0. The lowest BCUT2D eigenvalue weighted by Crippen LogP contribution is -2.12. The van der Waals surface area contributed by atoms with Gasteiger partial charge in [0.05, 0.1) is 17.1 Å². The summed E-state index contributed by atoms with van der Waals surface area (Å²) >= 11 is 0. The van der Waals surface area contributed by atoms with E-state index in [0.717, 1.165) is 22.5 Å². The molecule has 0 aliphatic carbocycles. The molecule has 1 atom stereocenters. The molecule has 0 fully saturated rings. The minimum atomic E-state index is -0.105. The van der Waals surface area contributed by atoms with E-state index in [4.69, 9.17) is 5.73 Å².